The van der Waals surface area contributed by atoms with E-state index in [0.29, 0.717) is 25.2 Å². The van der Waals surface area contributed by atoms with Gasteiger partial charge in [0.25, 0.3) is 0 Å². The molecule has 5 nitrogen and oxygen atoms in total. The summed E-state index contributed by atoms with van der Waals surface area (Å²) in [6.07, 6.45) is -1.33. The lowest BCUT2D eigenvalue weighted by atomic mass is 10.1. The maximum absolute atomic E-state index is 11.3. The summed E-state index contributed by atoms with van der Waals surface area (Å²) in [6.45, 7) is 1.59. The summed E-state index contributed by atoms with van der Waals surface area (Å²) >= 11 is 0. The van der Waals surface area contributed by atoms with Gasteiger partial charge in [0.15, 0.2) is 0 Å². The second-order valence-electron chi connectivity index (χ2n) is 4.52. The number of hydrogen-bond acceptors (Lipinski definition) is 5. The van der Waals surface area contributed by atoms with Gasteiger partial charge in [-0.3, -0.25) is 4.90 Å². The fraction of sp³-hybridized carbons (Fsp3) is 0.462. The lowest BCUT2D eigenvalue weighted by Gasteiger charge is -2.14. The summed E-state index contributed by atoms with van der Waals surface area (Å²) in [5.74, 6) is -0.353. The molecular weight excluding hydrogens is 234 g/mol. The van der Waals surface area contributed by atoms with Gasteiger partial charge in [0.2, 0.25) is 0 Å². The highest BCUT2D eigenvalue weighted by Gasteiger charge is 2.29. The number of esters is 1. The fourth-order valence-corrected chi connectivity index (χ4v) is 2.10. The van der Waals surface area contributed by atoms with E-state index in [2.05, 4.69) is 4.74 Å². The Morgan fingerprint density at radius 3 is 2.33 bits per heavy atom. The molecule has 1 heterocycles. The van der Waals surface area contributed by atoms with Crippen LogP contribution in [0.15, 0.2) is 24.3 Å². The lowest BCUT2D eigenvalue weighted by molar-refractivity contribution is 0.0572. The second-order valence-corrected chi connectivity index (χ2v) is 4.52. The molecule has 2 rings (SSSR count). The molecule has 0 amide bonds. The molecule has 0 radical (unpaired) electrons. The minimum absolute atomic E-state index is 0.353. The van der Waals surface area contributed by atoms with Crippen LogP contribution in [0.4, 0.5) is 0 Å². The van der Waals surface area contributed by atoms with Crippen molar-refractivity contribution in [2.75, 3.05) is 20.2 Å². The van der Waals surface area contributed by atoms with Crippen LogP contribution in [-0.2, 0) is 11.3 Å². The quantitative estimate of drug-likeness (QED) is 0.741. The van der Waals surface area contributed by atoms with E-state index in [4.69, 9.17) is 0 Å². The van der Waals surface area contributed by atoms with E-state index in [9.17, 15) is 15.0 Å². The predicted octanol–water partition coefficient (Wildman–Crippen LogP) is 0.0106. The zero-order valence-corrected chi connectivity index (χ0v) is 10.2. The normalized spacial score (nSPS) is 24.2. The van der Waals surface area contributed by atoms with Gasteiger partial charge in [-0.15, -0.1) is 0 Å². The van der Waals surface area contributed by atoms with Gasteiger partial charge in [0.05, 0.1) is 24.9 Å². The highest BCUT2D eigenvalue weighted by molar-refractivity contribution is 5.89. The number of aliphatic hydroxyl groups excluding tert-OH is 2. The number of benzene rings is 1. The summed E-state index contributed by atoms with van der Waals surface area (Å²) in [6, 6.07) is 7.13. The fourth-order valence-electron chi connectivity index (χ4n) is 2.10. The molecule has 98 valence electrons. The Morgan fingerprint density at radius 1 is 1.28 bits per heavy atom. The molecule has 5 heteroatoms. The van der Waals surface area contributed by atoms with Crippen molar-refractivity contribution in [2.24, 2.45) is 0 Å². The van der Waals surface area contributed by atoms with Crippen LogP contribution in [0.2, 0.25) is 0 Å². The van der Waals surface area contributed by atoms with Gasteiger partial charge in [-0.1, -0.05) is 12.1 Å². The lowest BCUT2D eigenvalue weighted by Crippen LogP contribution is -2.22. The molecule has 1 saturated heterocycles. The molecule has 1 aromatic carbocycles. The summed E-state index contributed by atoms with van der Waals surface area (Å²) in [4.78, 5) is 13.2. The standard InChI is InChI=1S/C13H17NO4/c1-18-13(17)10-4-2-9(3-5-10)6-14-7-11(15)12(16)8-14/h2-5,11-12,15-16H,6-8H2,1H3/t11-,12+. The molecule has 0 spiro atoms. The number of aliphatic hydroxyl groups is 2. The molecule has 0 aliphatic carbocycles. The van der Waals surface area contributed by atoms with Crippen molar-refractivity contribution in [1.82, 2.24) is 4.90 Å². The SMILES string of the molecule is COC(=O)c1ccc(CN2C[C@@H](O)[C@@H](O)C2)cc1. The van der Waals surface area contributed by atoms with Crippen LogP contribution in [-0.4, -0.2) is 53.5 Å². The van der Waals surface area contributed by atoms with Crippen LogP contribution < -0.4 is 0 Å². The summed E-state index contributed by atoms with van der Waals surface area (Å²) in [7, 11) is 1.35. The van der Waals surface area contributed by atoms with Gasteiger partial charge < -0.3 is 14.9 Å². The number of nitrogens with zero attached hydrogens (tertiary/aromatic N) is 1. The molecular formula is C13H17NO4. The van der Waals surface area contributed by atoms with Crippen LogP contribution in [0.3, 0.4) is 0 Å². The number of carbonyl (C=O) groups is 1. The van der Waals surface area contributed by atoms with Crippen molar-refractivity contribution in [2.45, 2.75) is 18.8 Å². The summed E-state index contributed by atoms with van der Waals surface area (Å²) < 4.78 is 4.62. The molecule has 1 aliphatic heterocycles. The van der Waals surface area contributed by atoms with Crippen molar-refractivity contribution < 1.29 is 19.7 Å². The largest absolute Gasteiger partial charge is 0.465 e. The molecule has 0 unspecified atom stereocenters. The van der Waals surface area contributed by atoms with Gasteiger partial charge in [0, 0.05) is 19.6 Å². The van der Waals surface area contributed by atoms with Gasteiger partial charge >= 0.3 is 5.97 Å². The van der Waals surface area contributed by atoms with E-state index in [0.717, 1.165) is 5.56 Å². The minimum atomic E-state index is -0.667. The third-order valence-corrected chi connectivity index (χ3v) is 3.12. The number of hydrogen-bond donors (Lipinski definition) is 2. The van der Waals surface area contributed by atoms with Crippen molar-refractivity contribution >= 4 is 5.97 Å². The number of carbonyl (C=O) groups excluding carboxylic acids is 1. The Morgan fingerprint density at radius 2 is 1.83 bits per heavy atom. The summed E-state index contributed by atoms with van der Waals surface area (Å²) in [5.41, 5.74) is 1.55. The molecule has 1 aromatic rings. The average molecular weight is 251 g/mol. The molecule has 0 aromatic heterocycles. The van der Waals surface area contributed by atoms with Gasteiger partial charge in [0.1, 0.15) is 0 Å². The van der Waals surface area contributed by atoms with Gasteiger partial charge in [-0.25, -0.2) is 4.79 Å². The highest BCUT2D eigenvalue weighted by atomic mass is 16.5. The Hall–Kier alpha value is -1.43. The number of rotatable bonds is 3. The first-order chi connectivity index (χ1) is 8.60. The first-order valence-electron chi connectivity index (χ1n) is 5.86. The number of methoxy groups -OCH3 is 1. The second kappa shape index (κ2) is 5.48. The first kappa shape index (κ1) is 13.0. The van der Waals surface area contributed by atoms with Crippen LogP contribution >= 0.6 is 0 Å². The highest BCUT2D eigenvalue weighted by Crippen LogP contribution is 2.14. The van der Waals surface area contributed by atoms with E-state index in [1.165, 1.54) is 7.11 Å². The zero-order chi connectivity index (χ0) is 13.1. The molecule has 2 atom stereocenters. The van der Waals surface area contributed by atoms with Crippen LogP contribution in [0, 0.1) is 0 Å². The molecule has 1 fully saturated rings. The zero-order valence-electron chi connectivity index (χ0n) is 10.2. The Labute approximate surface area is 106 Å². The predicted molar refractivity (Wildman–Crippen MR) is 65.1 cm³/mol. The van der Waals surface area contributed by atoms with Crippen molar-refractivity contribution in [1.29, 1.82) is 0 Å². The molecule has 2 N–H and O–H groups in total. The van der Waals surface area contributed by atoms with Gasteiger partial charge in [-0.05, 0) is 17.7 Å². The van der Waals surface area contributed by atoms with E-state index in [1.54, 1.807) is 12.1 Å². The maximum Gasteiger partial charge on any atom is 0.337 e. The minimum Gasteiger partial charge on any atom is -0.465 e. The Kier molecular flexibility index (Phi) is 3.96. The smallest absolute Gasteiger partial charge is 0.337 e. The number of likely N-dealkylation sites (tertiary alicyclic amines) is 1. The Balaban J connectivity index is 1.97. The van der Waals surface area contributed by atoms with E-state index in [-0.39, 0.29) is 5.97 Å². The number of β-amino-alcohol motifs (C(OH)–C–C–N with tert-alkyl or cyclic N) is 2. The van der Waals surface area contributed by atoms with E-state index >= 15 is 0 Å². The van der Waals surface area contributed by atoms with Crippen LogP contribution in [0.1, 0.15) is 15.9 Å². The van der Waals surface area contributed by atoms with Crippen molar-refractivity contribution in [3.63, 3.8) is 0 Å². The topological polar surface area (TPSA) is 70.0 Å². The first-order valence-corrected chi connectivity index (χ1v) is 5.86. The van der Waals surface area contributed by atoms with Crippen LogP contribution in [0.5, 0.6) is 0 Å². The number of ether oxygens (including phenoxy) is 1. The maximum atomic E-state index is 11.3. The molecule has 0 saturated carbocycles. The molecule has 18 heavy (non-hydrogen) atoms. The third kappa shape index (κ3) is 2.87. The molecule has 1 aliphatic rings. The van der Waals surface area contributed by atoms with E-state index < -0.39 is 12.2 Å². The monoisotopic (exact) mass is 251 g/mol. The van der Waals surface area contributed by atoms with Crippen molar-refractivity contribution in [3.8, 4) is 0 Å². The van der Waals surface area contributed by atoms with Gasteiger partial charge in [-0.2, -0.15) is 0 Å². The third-order valence-electron chi connectivity index (χ3n) is 3.12. The summed E-state index contributed by atoms with van der Waals surface area (Å²) in [5, 5.41) is 18.9. The van der Waals surface area contributed by atoms with Crippen LogP contribution in [0.25, 0.3) is 0 Å². The van der Waals surface area contributed by atoms with Crippen molar-refractivity contribution in [3.05, 3.63) is 35.4 Å². The average Bonchev–Trinajstić information content (AvgIpc) is 2.68. The Bertz CT molecular complexity index is 408. The van der Waals surface area contributed by atoms with E-state index in [1.807, 2.05) is 17.0 Å². The molecule has 0 bridgehead atoms.